The fourth-order valence-corrected chi connectivity index (χ4v) is 3.96. The molecule has 2 amide bonds. The summed E-state index contributed by atoms with van der Waals surface area (Å²) < 4.78 is 0. The zero-order chi connectivity index (χ0) is 19.0. The second-order valence-electron chi connectivity index (χ2n) is 6.05. The third kappa shape index (κ3) is 3.05. The van der Waals surface area contributed by atoms with E-state index in [1.165, 1.54) is 16.2 Å². The summed E-state index contributed by atoms with van der Waals surface area (Å²) in [4.78, 5) is 28.4. The fourth-order valence-electron chi connectivity index (χ4n) is 3.02. The van der Waals surface area contributed by atoms with Crippen molar-refractivity contribution in [3.63, 3.8) is 0 Å². The molecule has 4 rings (SSSR count). The van der Waals surface area contributed by atoms with Gasteiger partial charge in [0.05, 0.1) is 11.3 Å². The van der Waals surface area contributed by atoms with Crippen LogP contribution >= 0.6 is 22.9 Å². The van der Waals surface area contributed by atoms with E-state index in [2.05, 4.69) is 5.32 Å². The molecule has 0 saturated carbocycles. The first-order valence-electron chi connectivity index (χ1n) is 8.32. The molecule has 0 radical (unpaired) electrons. The predicted molar refractivity (Wildman–Crippen MR) is 110 cm³/mol. The third-order valence-corrected chi connectivity index (χ3v) is 5.67. The number of nitrogens with one attached hydrogen (secondary N) is 1. The molecule has 0 fully saturated rings. The number of halogens is 1. The molecule has 2 aromatic carbocycles. The largest absolute Gasteiger partial charge is 0.350 e. The van der Waals surface area contributed by atoms with Crippen molar-refractivity contribution in [1.29, 1.82) is 0 Å². The van der Waals surface area contributed by atoms with Crippen molar-refractivity contribution in [3.05, 3.63) is 87.2 Å². The van der Waals surface area contributed by atoms with Crippen molar-refractivity contribution in [2.45, 2.75) is 6.92 Å². The van der Waals surface area contributed by atoms with Gasteiger partial charge in [-0.25, -0.2) is 4.90 Å². The van der Waals surface area contributed by atoms with Crippen LogP contribution in [0.1, 0.15) is 10.4 Å². The Morgan fingerprint density at radius 2 is 1.70 bits per heavy atom. The third-order valence-electron chi connectivity index (χ3n) is 4.37. The average Bonchev–Trinajstić information content (AvgIpc) is 3.26. The van der Waals surface area contributed by atoms with Crippen molar-refractivity contribution in [1.82, 2.24) is 0 Å². The highest BCUT2D eigenvalue weighted by Crippen LogP contribution is 2.37. The Bertz CT molecular complexity index is 1060. The molecule has 1 aromatic heterocycles. The summed E-state index contributed by atoms with van der Waals surface area (Å²) in [6.07, 6.45) is 0. The van der Waals surface area contributed by atoms with E-state index >= 15 is 0 Å². The quantitative estimate of drug-likeness (QED) is 0.626. The topological polar surface area (TPSA) is 49.4 Å². The van der Waals surface area contributed by atoms with Crippen LogP contribution in [0.15, 0.2) is 71.7 Å². The molecule has 1 N–H and O–H groups in total. The maximum atomic E-state index is 13.2. The van der Waals surface area contributed by atoms with Gasteiger partial charge in [-0.05, 0) is 48.2 Å². The number of rotatable bonds is 4. The Balaban J connectivity index is 1.83. The summed E-state index contributed by atoms with van der Waals surface area (Å²) in [7, 11) is 0. The SMILES string of the molecule is Cc1c(Cl)cccc1N1C(=O)C(Nc2ccccc2)=C(c2cccs2)C1=O. The number of hydrogen-bond donors (Lipinski definition) is 1. The van der Waals surface area contributed by atoms with Gasteiger partial charge in [0, 0.05) is 15.6 Å². The van der Waals surface area contributed by atoms with Crippen LogP contribution in [0, 0.1) is 6.92 Å². The van der Waals surface area contributed by atoms with Gasteiger partial charge in [-0.1, -0.05) is 41.9 Å². The van der Waals surface area contributed by atoms with Crippen molar-refractivity contribution >= 4 is 51.7 Å². The molecule has 0 unspecified atom stereocenters. The first-order chi connectivity index (χ1) is 13.1. The molecule has 4 nitrogen and oxygen atoms in total. The maximum absolute atomic E-state index is 13.2. The summed E-state index contributed by atoms with van der Waals surface area (Å²) in [6, 6.07) is 18.2. The molecule has 0 spiro atoms. The van der Waals surface area contributed by atoms with Crippen LogP contribution in [0.2, 0.25) is 5.02 Å². The molecule has 1 aliphatic rings. The van der Waals surface area contributed by atoms with E-state index < -0.39 is 5.91 Å². The highest BCUT2D eigenvalue weighted by Gasteiger charge is 2.41. The van der Waals surface area contributed by atoms with E-state index in [1.807, 2.05) is 47.8 Å². The number of benzene rings is 2. The normalized spacial score (nSPS) is 14.2. The predicted octanol–water partition coefficient (Wildman–Crippen LogP) is 5.11. The van der Waals surface area contributed by atoms with E-state index in [1.54, 1.807) is 25.1 Å². The molecule has 0 saturated heterocycles. The van der Waals surface area contributed by atoms with E-state index in [9.17, 15) is 9.59 Å². The van der Waals surface area contributed by atoms with E-state index in [-0.39, 0.29) is 11.6 Å². The minimum absolute atomic E-state index is 0.271. The van der Waals surface area contributed by atoms with Crippen LogP contribution in [0.5, 0.6) is 0 Å². The standard InChI is InChI=1S/C21H15ClN2O2S/c1-13-15(22)9-5-10-16(13)24-20(25)18(17-11-6-12-27-17)19(21(24)26)23-14-7-3-2-4-8-14/h2-12,23H,1H3. The molecular formula is C21H15ClN2O2S. The number of anilines is 2. The van der Waals surface area contributed by atoms with Crippen molar-refractivity contribution < 1.29 is 9.59 Å². The smallest absolute Gasteiger partial charge is 0.282 e. The lowest BCUT2D eigenvalue weighted by Gasteiger charge is -2.18. The van der Waals surface area contributed by atoms with Crippen LogP contribution in [-0.4, -0.2) is 11.8 Å². The Morgan fingerprint density at radius 3 is 2.41 bits per heavy atom. The maximum Gasteiger partial charge on any atom is 0.282 e. The molecule has 27 heavy (non-hydrogen) atoms. The lowest BCUT2D eigenvalue weighted by Crippen LogP contribution is -2.33. The monoisotopic (exact) mass is 394 g/mol. The second kappa shape index (κ2) is 7.02. The highest BCUT2D eigenvalue weighted by molar-refractivity contribution is 7.11. The fraction of sp³-hybridized carbons (Fsp3) is 0.0476. The Morgan fingerprint density at radius 1 is 0.926 bits per heavy atom. The lowest BCUT2D eigenvalue weighted by atomic mass is 10.1. The number of nitrogens with zero attached hydrogens (tertiary/aromatic N) is 1. The van der Waals surface area contributed by atoms with E-state index in [0.717, 1.165) is 10.6 Å². The molecule has 0 aliphatic carbocycles. The van der Waals surface area contributed by atoms with Crippen molar-refractivity contribution in [2.75, 3.05) is 10.2 Å². The van der Waals surface area contributed by atoms with E-state index in [0.29, 0.717) is 21.8 Å². The molecule has 134 valence electrons. The minimum Gasteiger partial charge on any atom is -0.350 e. The molecule has 0 bridgehead atoms. The number of amides is 2. The number of para-hydroxylation sites is 1. The number of imide groups is 1. The summed E-state index contributed by atoms with van der Waals surface area (Å²) in [6.45, 7) is 1.80. The van der Waals surface area contributed by atoms with Crippen LogP contribution in [0.4, 0.5) is 11.4 Å². The summed E-state index contributed by atoms with van der Waals surface area (Å²) >= 11 is 7.63. The molecule has 0 atom stereocenters. The summed E-state index contributed by atoms with van der Waals surface area (Å²) in [5.74, 6) is -0.746. The second-order valence-corrected chi connectivity index (χ2v) is 7.40. The molecule has 6 heteroatoms. The molecule has 3 aromatic rings. The zero-order valence-electron chi connectivity index (χ0n) is 14.4. The number of thiophene rings is 1. The van der Waals surface area contributed by atoms with Gasteiger partial charge in [-0.3, -0.25) is 9.59 Å². The molecular weight excluding hydrogens is 380 g/mol. The first-order valence-corrected chi connectivity index (χ1v) is 9.58. The Kier molecular flexibility index (Phi) is 4.56. The summed E-state index contributed by atoms with van der Waals surface area (Å²) in [5, 5.41) is 5.53. The number of carbonyl (C=O) groups excluding carboxylic acids is 2. The van der Waals surface area contributed by atoms with Gasteiger partial charge in [0.15, 0.2) is 0 Å². The van der Waals surface area contributed by atoms with Gasteiger partial charge in [0.25, 0.3) is 11.8 Å². The van der Waals surface area contributed by atoms with Gasteiger partial charge in [0.1, 0.15) is 5.70 Å². The van der Waals surface area contributed by atoms with Crippen molar-refractivity contribution in [2.24, 2.45) is 0 Å². The van der Waals surface area contributed by atoms with Gasteiger partial charge in [0.2, 0.25) is 0 Å². The molecule has 2 heterocycles. The van der Waals surface area contributed by atoms with Crippen LogP contribution < -0.4 is 10.2 Å². The molecule has 1 aliphatic heterocycles. The first kappa shape index (κ1) is 17.5. The van der Waals surface area contributed by atoms with Crippen LogP contribution in [-0.2, 0) is 9.59 Å². The van der Waals surface area contributed by atoms with Gasteiger partial charge < -0.3 is 5.32 Å². The number of carbonyl (C=O) groups is 2. The van der Waals surface area contributed by atoms with Gasteiger partial charge in [-0.15, -0.1) is 11.3 Å². The van der Waals surface area contributed by atoms with E-state index in [4.69, 9.17) is 11.6 Å². The Labute approximate surface area is 165 Å². The highest BCUT2D eigenvalue weighted by atomic mass is 35.5. The lowest BCUT2D eigenvalue weighted by molar-refractivity contribution is -0.120. The van der Waals surface area contributed by atoms with Crippen molar-refractivity contribution in [3.8, 4) is 0 Å². The van der Waals surface area contributed by atoms with Gasteiger partial charge >= 0.3 is 0 Å². The number of hydrogen-bond acceptors (Lipinski definition) is 4. The van der Waals surface area contributed by atoms with Gasteiger partial charge in [-0.2, -0.15) is 0 Å². The van der Waals surface area contributed by atoms with Crippen LogP contribution in [0.25, 0.3) is 5.57 Å². The van der Waals surface area contributed by atoms with Crippen LogP contribution in [0.3, 0.4) is 0 Å². The Hall–Kier alpha value is -2.89. The zero-order valence-corrected chi connectivity index (χ0v) is 16.0. The summed E-state index contributed by atoms with van der Waals surface area (Å²) in [5.41, 5.74) is 2.57. The average molecular weight is 395 g/mol. The minimum atomic E-state index is -0.391.